The molecule has 2 aliphatic heterocycles. The number of rotatable bonds is 3. The Morgan fingerprint density at radius 1 is 0.727 bits per heavy atom. The van der Waals surface area contributed by atoms with Crippen LogP contribution in [0.3, 0.4) is 0 Å². The maximum atomic E-state index is 13.8. The van der Waals surface area contributed by atoms with Crippen LogP contribution in [0.15, 0.2) is 102 Å². The highest BCUT2D eigenvalue weighted by Gasteiger charge is 2.60. The Hall–Kier alpha value is -3.48. The molecule has 2 aliphatic rings. The molecule has 0 bridgehead atoms. The van der Waals surface area contributed by atoms with Gasteiger partial charge in [0.25, 0.3) is 5.91 Å². The Labute approximate surface area is 199 Å². The van der Waals surface area contributed by atoms with E-state index >= 15 is 0 Å². The number of hydrogen-bond donors (Lipinski definition) is 0. The molecule has 2 fully saturated rings. The SMILES string of the molecule is O=C1[C@H]2[C@H](ON(c3ccccc3)[C@H]2c2cccc3ccccc23)C(=O)N1c1cccc(Br)c1. The van der Waals surface area contributed by atoms with Crippen LogP contribution in [0, 0.1) is 5.92 Å². The smallest absolute Gasteiger partial charge is 0.266 e. The number of halogens is 1. The van der Waals surface area contributed by atoms with Crippen LogP contribution in [0.5, 0.6) is 0 Å². The molecular formula is C27H19BrN2O3. The molecule has 6 heteroatoms. The quantitative estimate of drug-likeness (QED) is 0.342. The van der Waals surface area contributed by atoms with Crippen molar-refractivity contribution in [3.05, 3.63) is 107 Å². The molecule has 33 heavy (non-hydrogen) atoms. The molecule has 0 spiro atoms. The maximum Gasteiger partial charge on any atom is 0.266 e. The van der Waals surface area contributed by atoms with Gasteiger partial charge in [0.2, 0.25) is 5.91 Å². The second-order valence-electron chi connectivity index (χ2n) is 8.22. The van der Waals surface area contributed by atoms with Gasteiger partial charge in [0.1, 0.15) is 5.92 Å². The third kappa shape index (κ3) is 3.17. The van der Waals surface area contributed by atoms with Crippen molar-refractivity contribution in [3.63, 3.8) is 0 Å². The van der Waals surface area contributed by atoms with Crippen LogP contribution in [0.1, 0.15) is 11.6 Å². The summed E-state index contributed by atoms with van der Waals surface area (Å²) in [6.45, 7) is 0. The number of carbonyl (C=O) groups is 2. The van der Waals surface area contributed by atoms with Crippen LogP contribution in [0.25, 0.3) is 10.8 Å². The predicted molar refractivity (Wildman–Crippen MR) is 131 cm³/mol. The normalized spacial score (nSPS) is 22.3. The van der Waals surface area contributed by atoms with E-state index in [9.17, 15) is 9.59 Å². The fourth-order valence-corrected chi connectivity index (χ4v) is 5.29. The van der Waals surface area contributed by atoms with Gasteiger partial charge >= 0.3 is 0 Å². The van der Waals surface area contributed by atoms with E-state index in [1.807, 2.05) is 66.7 Å². The molecule has 2 amide bonds. The number of carbonyl (C=O) groups excluding carboxylic acids is 2. The lowest BCUT2D eigenvalue weighted by molar-refractivity contribution is -0.126. The Bertz CT molecular complexity index is 1390. The van der Waals surface area contributed by atoms with Gasteiger partial charge in [0.15, 0.2) is 6.10 Å². The molecule has 0 radical (unpaired) electrons. The summed E-state index contributed by atoms with van der Waals surface area (Å²) < 4.78 is 0.801. The molecule has 2 heterocycles. The third-order valence-electron chi connectivity index (χ3n) is 6.33. The highest BCUT2D eigenvalue weighted by atomic mass is 79.9. The lowest BCUT2D eigenvalue weighted by atomic mass is 9.87. The fourth-order valence-electron chi connectivity index (χ4n) is 4.91. The topological polar surface area (TPSA) is 49.9 Å². The third-order valence-corrected chi connectivity index (χ3v) is 6.83. The average molecular weight is 499 g/mol. The first-order valence-corrected chi connectivity index (χ1v) is 11.5. The Balaban J connectivity index is 1.51. The summed E-state index contributed by atoms with van der Waals surface area (Å²) in [5, 5.41) is 3.86. The van der Waals surface area contributed by atoms with Crippen LogP contribution < -0.4 is 9.96 Å². The van der Waals surface area contributed by atoms with Gasteiger partial charge in [-0.05, 0) is 46.7 Å². The van der Waals surface area contributed by atoms with Crippen LogP contribution in [-0.4, -0.2) is 17.9 Å². The first-order valence-electron chi connectivity index (χ1n) is 10.8. The number of hydroxylamine groups is 1. The van der Waals surface area contributed by atoms with Gasteiger partial charge in [0.05, 0.1) is 17.4 Å². The zero-order valence-corrected chi connectivity index (χ0v) is 19.1. The van der Waals surface area contributed by atoms with Gasteiger partial charge in [-0.15, -0.1) is 0 Å². The van der Waals surface area contributed by atoms with Crippen LogP contribution >= 0.6 is 15.9 Å². The summed E-state index contributed by atoms with van der Waals surface area (Å²) in [6.07, 6.45) is -0.888. The minimum absolute atomic E-state index is 0.250. The van der Waals surface area contributed by atoms with Gasteiger partial charge in [0, 0.05) is 4.47 Å². The molecule has 4 aromatic rings. The highest BCUT2D eigenvalue weighted by molar-refractivity contribution is 9.10. The van der Waals surface area contributed by atoms with Crippen molar-refractivity contribution in [1.82, 2.24) is 0 Å². The number of imide groups is 1. The molecule has 0 aromatic heterocycles. The highest BCUT2D eigenvalue weighted by Crippen LogP contribution is 2.49. The number of nitrogens with zero attached hydrogens (tertiary/aromatic N) is 2. The molecule has 0 aliphatic carbocycles. The maximum absolute atomic E-state index is 13.8. The molecule has 162 valence electrons. The van der Waals surface area contributed by atoms with E-state index in [0.717, 1.165) is 26.5 Å². The summed E-state index contributed by atoms with van der Waals surface area (Å²) in [5.41, 5.74) is 2.31. The summed E-state index contributed by atoms with van der Waals surface area (Å²) in [4.78, 5) is 34.8. The van der Waals surface area contributed by atoms with Crippen molar-refractivity contribution in [2.75, 3.05) is 9.96 Å². The molecule has 0 N–H and O–H groups in total. The summed E-state index contributed by atoms with van der Waals surface area (Å²) in [5.74, 6) is -1.26. The van der Waals surface area contributed by atoms with Gasteiger partial charge in [-0.2, -0.15) is 0 Å². The van der Waals surface area contributed by atoms with Crippen LogP contribution in [0.4, 0.5) is 11.4 Å². The number of fused-ring (bicyclic) bond motifs is 2. The van der Waals surface area contributed by atoms with Crippen molar-refractivity contribution < 1.29 is 14.4 Å². The predicted octanol–water partition coefficient (Wildman–Crippen LogP) is 5.65. The zero-order valence-electron chi connectivity index (χ0n) is 17.5. The molecular weight excluding hydrogens is 480 g/mol. The Kier molecular flexibility index (Phi) is 4.78. The molecule has 5 nitrogen and oxygen atoms in total. The van der Waals surface area contributed by atoms with E-state index in [4.69, 9.17) is 4.84 Å². The minimum Gasteiger partial charge on any atom is -0.273 e. The average Bonchev–Trinajstić information content (AvgIpc) is 3.35. The fraction of sp³-hybridized carbons (Fsp3) is 0.111. The number of amides is 2. The minimum atomic E-state index is -0.888. The first-order chi connectivity index (χ1) is 16.1. The number of benzene rings is 4. The Morgan fingerprint density at radius 2 is 1.42 bits per heavy atom. The van der Waals surface area contributed by atoms with Crippen molar-refractivity contribution >= 4 is 49.9 Å². The van der Waals surface area contributed by atoms with E-state index in [2.05, 4.69) is 34.1 Å². The van der Waals surface area contributed by atoms with Crippen molar-refractivity contribution in [3.8, 4) is 0 Å². The molecule has 6 rings (SSSR count). The lowest BCUT2D eigenvalue weighted by Crippen LogP contribution is -2.37. The second kappa shape index (κ2) is 7.83. The Morgan fingerprint density at radius 3 is 2.24 bits per heavy atom. The van der Waals surface area contributed by atoms with Crippen LogP contribution in [-0.2, 0) is 14.4 Å². The zero-order chi connectivity index (χ0) is 22.5. The number of anilines is 2. The van der Waals surface area contributed by atoms with E-state index < -0.39 is 18.1 Å². The standard InChI is InChI=1S/C27H19BrN2O3/c28-18-10-7-13-20(16-18)29-26(31)23-24(22-15-6-9-17-8-4-5-14-21(17)22)30(33-25(23)27(29)32)19-11-2-1-3-12-19/h1-16,23-25H/t23-,24+,25+/m1/s1. The lowest BCUT2D eigenvalue weighted by Gasteiger charge is -2.29. The van der Waals surface area contributed by atoms with Crippen LogP contribution in [0.2, 0.25) is 0 Å². The van der Waals surface area contributed by atoms with E-state index in [1.54, 1.807) is 17.2 Å². The van der Waals surface area contributed by atoms with Gasteiger partial charge < -0.3 is 0 Å². The number of hydrogen-bond acceptors (Lipinski definition) is 4. The van der Waals surface area contributed by atoms with Gasteiger partial charge in [-0.25, -0.2) is 9.96 Å². The summed E-state index contributed by atoms with van der Waals surface area (Å²) >= 11 is 3.44. The van der Waals surface area contributed by atoms with Gasteiger partial charge in [-0.3, -0.25) is 14.4 Å². The summed E-state index contributed by atoms with van der Waals surface area (Å²) in [6, 6.07) is 30.5. The van der Waals surface area contributed by atoms with Gasteiger partial charge in [-0.1, -0.05) is 82.7 Å². The molecule has 4 aromatic carbocycles. The molecule has 0 unspecified atom stereocenters. The van der Waals surface area contributed by atoms with E-state index in [0.29, 0.717) is 5.69 Å². The monoisotopic (exact) mass is 498 g/mol. The van der Waals surface area contributed by atoms with Crippen molar-refractivity contribution in [2.24, 2.45) is 5.92 Å². The summed E-state index contributed by atoms with van der Waals surface area (Å²) in [7, 11) is 0. The van der Waals surface area contributed by atoms with Crippen molar-refractivity contribution in [1.29, 1.82) is 0 Å². The van der Waals surface area contributed by atoms with E-state index in [-0.39, 0.29) is 11.8 Å². The number of para-hydroxylation sites is 1. The molecule has 2 saturated heterocycles. The molecule has 0 saturated carbocycles. The van der Waals surface area contributed by atoms with Crippen molar-refractivity contribution in [2.45, 2.75) is 12.1 Å². The molecule has 3 atom stereocenters. The first kappa shape index (κ1) is 20.1. The van der Waals surface area contributed by atoms with E-state index in [1.165, 1.54) is 4.90 Å². The second-order valence-corrected chi connectivity index (χ2v) is 9.13. The largest absolute Gasteiger partial charge is 0.273 e.